The molecule has 0 amide bonds. The van der Waals surface area contributed by atoms with Crippen LogP contribution in [-0.2, 0) is 0 Å². The number of hydrogen-bond donors (Lipinski definition) is 2. The lowest BCUT2D eigenvalue weighted by Crippen LogP contribution is -2.55. The highest BCUT2D eigenvalue weighted by atomic mass is 16.3. The Bertz CT molecular complexity index is 242. The molecule has 0 bridgehead atoms. The third-order valence-electron chi connectivity index (χ3n) is 3.72. The molecule has 1 aliphatic rings. The van der Waals surface area contributed by atoms with E-state index in [1.165, 1.54) is 0 Å². The second-order valence-corrected chi connectivity index (χ2v) is 7.16. The smallest absolute Gasteiger partial charge is 0.0791 e. The van der Waals surface area contributed by atoms with E-state index in [2.05, 4.69) is 49.7 Å². The van der Waals surface area contributed by atoms with Crippen LogP contribution < -0.4 is 5.32 Å². The molecule has 1 rings (SSSR count). The third kappa shape index (κ3) is 6.70. The molecular formula is C15H33N3O. The summed E-state index contributed by atoms with van der Waals surface area (Å²) in [6, 6.07) is 0. The van der Waals surface area contributed by atoms with Crippen LogP contribution in [-0.4, -0.2) is 72.4 Å². The Kier molecular flexibility index (Phi) is 6.74. The van der Waals surface area contributed by atoms with E-state index in [0.29, 0.717) is 12.5 Å². The van der Waals surface area contributed by atoms with E-state index >= 15 is 0 Å². The summed E-state index contributed by atoms with van der Waals surface area (Å²) in [5.74, 6) is 0.641. The zero-order valence-corrected chi connectivity index (χ0v) is 13.4. The van der Waals surface area contributed by atoms with Gasteiger partial charge in [-0.1, -0.05) is 13.8 Å². The second-order valence-electron chi connectivity index (χ2n) is 7.16. The van der Waals surface area contributed by atoms with Gasteiger partial charge < -0.3 is 10.4 Å². The number of aliphatic hydroxyl groups is 1. The van der Waals surface area contributed by atoms with Gasteiger partial charge in [0.25, 0.3) is 0 Å². The lowest BCUT2D eigenvalue weighted by Gasteiger charge is -2.42. The summed E-state index contributed by atoms with van der Waals surface area (Å²) in [7, 11) is 0. The largest absolute Gasteiger partial charge is 0.390 e. The first-order chi connectivity index (χ1) is 8.79. The molecule has 0 aromatic heterocycles. The zero-order valence-electron chi connectivity index (χ0n) is 13.4. The van der Waals surface area contributed by atoms with Crippen molar-refractivity contribution in [1.82, 2.24) is 15.1 Å². The molecule has 0 saturated carbocycles. The number of β-amino-alcohol motifs (C(OH)–C–C–N with tert-alkyl or cyclic N) is 1. The van der Waals surface area contributed by atoms with Crippen LogP contribution >= 0.6 is 0 Å². The van der Waals surface area contributed by atoms with Crippen LogP contribution in [0, 0.1) is 5.92 Å². The molecule has 0 spiro atoms. The summed E-state index contributed by atoms with van der Waals surface area (Å²) < 4.78 is 0. The quantitative estimate of drug-likeness (QED) is 0.756. The van der Waals surface area contributed by atoms with Gasteiger partial charge in [-0.2, -0.15) is 0 Å². The van der Waals surface area contributed by atoms with Crippen LogP contribution in [0.5, 0.6) is 0 Å². The Balaban J connectivity index is 2.18. The minimum Gasteiger partial charge on any atom is -0.390 e. The molecule has 1 unspecified atom stereocenters. The Morgan fingerprint density at radius 2 is 1.63 bits per heavy atom. The average molecular weight is 271 g/mol. The minimum atomic E-state index is -0.250. The Morgan fingerprint density at radius 1 is 1.05 bits per heavy atom. The van der Waals surface area contributed by atoms with Gasteiger partial charge in [-0.3, -0.25) is 9.80 Å². The molecule has 19 heavy (non-hydrogen) atoms. The minimum absolute atomic E-state index is 0.250. The van der Waals surface area contributed by atoms with Crippen molar-refractivity contribution < 1.29 is 5.11 Å². The first-order valence-corrected chi connectivity index (χ1v) is 7.65. The molecule has 0 radical (unpaired) electrons. The molecule has 4 heteroatoms. The number of nitrogens with zero attached hydrogens (tertiary/aromatic N) is 2. The highest BCUT2D eigenvalue weighted by Gasteiger charge is 2.26. The normalized spacial score (nSPS) is 21.0. The number of rotatable bonds is 6. The first-order valence-electron chi connectivity index (χ1n) is 7.65. The van der Waals surface area contributed by atoms with Gasteiger partial charge in [-0.05, 0) is 33.2 Å². The van der Waals surface area contributed by atoms with Crippen molar-refractivity contribution >= 4 is 0 Å². The standard InChI is InChI=1S/C15H33N3O/c1-13(2)10-16-11-14(19)12-17-6-8-18(9-7-17)15(3,4)5/h13-14,16,19H,6-12H2,1-5H3. The fourth-order valence-electron chi connectivity index (χ4n) is 2.50. The van der Waals surface area contributed by atoms with E-state index in [1.54, 1.807) is 0 Å². The van der Waals surface area contributed by atoms with Crippen molar-refractivity contribution in [3.05, 3.63) is 0 Å². The summed E-state index contributed by atoms with van der Waals surface area (Å²) >= 11 is 0. The molecule has 1 heterocycles. The van der Waals surface area contributed by atoms with Crippen molar-refractivity contribution in [3.8, 4) is 0 Å². The van der Waals surface area contributed by atoms with Gasteiger partial charge in [0.05, 0.1) is 6.10 Å². The predicted octanol–water partition coefficient (Wildman–Crippen LogP) is 1.01. The van der Waals surface area contributed by atoms with Gasteiger partial charge in [-0.25, -0.2) is 0 Å². The Hall–Kier alpha value is -0.160. The van der Waals surface area contributed by atoms with Crippen LogP contribution in [0.1, 0.15) is 34.6 Å². The monoisotopic (exact) mass is 271 g/mol. The zero-order chi connectivity index (χ0) is 14.5. The molecular weight excluding hydrogens is 238 g/mol. The van der Waals surface area contributed by atoms with Gasteiger partial charge in [-0.15, -0.1) is 0 Å². The summed E-state index contributed by atoms with van der Waals surface area (Å²) in [4.78, 5) is 4.90. The summed E-state index contributed by atoms with van der Waals surface area (Å²) in [6.07, 6.45) is -0.250. The van der Waals surface area contributed by atoms with Gasteiger partial charge in [0, 0.05) is 44.8 Å². The Morgan fingerprint density at radius 3 is 2.11 bits per heavy atom. The molecule has 114 valence electrons. The van der Waals surface area contributed by atoms with Crippen molar-refractivity contribution in [2.45, 2.75) is 46.3 Å². The van der Waals surface area contributed by atoms with E-state index in [4.69, 9.17) is 0 Å². The highest BCUT2D eigenvalue weighted by Crippen LogP contribution is 2.15. The van der Waals surface area contributed by atoms with Crippen LogP contribution in [0.2, 0.25) is 0 Å². The second kappa shape index (κ2) is 7.58. The Labute approximate surface area is 119 Å². The van der Waals surface area contributed by atoms with E-state index in [1.807, 2.05) is 0 Å². The van der Waals surface area contributed by atoms with Gasteiger partial charge in [0.15, 0.2) is 0 Å². The van der Waals surface area contributed by atoms with Gasteiger partial charge in [0.2, 0.25) is 0 Å². The molecule has 0 aromatic rings. The molecule has 1 saturated heterocycles. The van der Waals surface area contributed by atoms with E-state index < -0.39 is 0 Å². The van der Waals surface area contributed by atoms with Crippen molar-refractivity contribution in [2.75, 3.05) is 45.8 Å². The lowest BCUT2D eigenvalue weighted by molar-refractivity contribution is 0.0366. The summed E-state index contributed by atoms with van der Waals surface area (Å²) in [5.41, 5.74) is 0.267. The lowest BCUT2D eigenvalue weighted by atomic mass is 10.0. The number of nitrogens with one attached hydrogen (secondary N) is 1. The van der Waals surface area contributed by atoms with Crippen molar-refractivity contribution in [2.24, 2.45) is 5.92 Å². The fraction of sp³-hybridized carbons (Fsp3) is 1.00. The van der Waals surface area contributed by atoms with Gasteiger partial charge >= 0.3 is 0 Å². The topological polar surface area (TPSA) is 38.7 Å². The number of aliphatic hydroxyl groups excluding tert-OH is 1. The maximum absolute atomic E-state index is 10.0. The number of piperazine rings is 1. The molecule has 1 aliphatic heterocycles. The van der Waals surface area contributed by atoms with Gasteiger partial charge in [0.1, 0.15) is 0 Å². The molecule has 2 N–H and O–H groups in total. The van der Waals surface area contributed by atoms with Crippen LogP contribution in [0.15, 0.2) is 0 Å². The third-order valence-corrected chi connectivity index (χ3v) is 3.72. The first kappa shape index (κ1) is 16.9. The molecule has 0 aliphatic carbocycles. The van der Waals surface area contributed by atoms with Crippen molar-refractivity contribution in [1.29, 1.82) is 0 Å². The molecule has 4 nitrogen and oxygen atoms in total. The fourth-order valence-corrected chi connectivity index (χ4v) is 2.50. The van der Waals surface area contributed by atoms with E-state index in [9.17, 15) is 5.11 Å². The maximum Gasteiger partial charge on any atom is 0.0791 e. The molecule has 1 fully saturated rings. The SMILES string of the molecule is CC(C)CNCC(O)CN1CCN(C(C)(C)C)CC1. The molecule has 1 atom stereocenters. The van der Waals surface area contributed by atoms with Crippen LogP contribution in [0.3, 0.4) is 0 Å². The van der Waals surface area contributed by atoms with E-state index in [0.717, 1.165) is 39.3 Å². The highest BCUT2D eigenvalue weighted by molar-refractivity contribution is 4.82. The van der Waals surface area contributed by atoms with Crippen LogP contribution in [0.25, 0.3) is 0 Å². The van der Waals surface area contributed by atoms with E-state index in [-0.39, 0.29) is 11.6 Å². The predicted molar refractivity (Wildman–Crippen MR) is 81.5 cm³/mol. The maximum atomic E-state index is 10.0. The van der Waals surface area contributed by atoms with Crippen LogP contribution in [0.4, 0.5) is 0 Å². The van der Waals surface area contributed by atoms with Crippen molar-refractivity contribution in [3.63, 3.8) is 0 Å². The number of hydrogen-bond acceptors (Lipinski definition) is 4. The average Bonchev–Trinajstić information content (AvgIpc) is 2.27. The summed E-state index contributed by atoms with van der Waals surface area (Å²) in [5, 5.41) is 13.3. The molecule has 0 aromatic carbocycles. The summed E-state index contributed by atoms with van der Waals surface area (Å²) in [6.45, 7) is 18.0.